The van der Waals surface area contributed by atoms with Crippen molar-refractivity contribution in [2.24, 2.45) is 0 Å². The maximum Gasteiger partial charge on any atom is 0.0731 e. The van der Waals surface area contributed by atoms with Gasteiger partial charge in [-0.15, -0.1) is 0 Å². The van der Waals surface area contributed by atoms with Crippen LogP contribution in [-0.4, -0.2) is 30.2 Å². The zero-order valence-electron chi connectivity index (χ0n) is 9.94. The van der Waals surface area contributed by atoms with E-state index in [0.29, 0.717) is 12.1 Å². The molecular formula is C14H18INO. The number of morpholine rings is 1. The lowest BCUT2D eigenvalue weighted by Crippen LogP contribution is -2.47. The lowest BCUT2D eigenvalue weighted by atomic mass is 10.1. The summed E-state index contributed by atoms with van der Waals surface area (Å²) in [6.45, 7) is 3.08. The molecule has 1 aromatic rings. The zero-order valence-corrected chi connectivity index (χ0v) is 12.1. The number of ether oxygens (including phenoxy) is 1. The van der Waals surface area contributed by atoms with Crippen LogP contribution in [0.1, 0.15) is 24.8 Å². The van der Waals surface area contributed by atoms with Crippen molar-refractivity contribution in [2.45, 2.75) is 38.0 Å². The van der Waals surface area contributed by atoms with Gasteiger partial charge in [-0.3, -0.25) is 4.90 Å². The molecule has 0 amide bonds. The van der Waals surface area contributed by atoms with Crippen LogP contribution < -0.4 is 0 Å². The SMILES string of the molecule is Ic1ccc(CN2CCOC3CCCC32)cc1. The van der Waals surface area contributed by atoms with Crippen molar-refractivity contribution in [3.8, 4) is 0 Å². The van der Waals surface area contributed by atoms with Crippen molar-refractivity contribution in [2.75, 3.05) is 13.2 Å². The lowest BCUT2D eigenvalue weighted by Gasteiger charge is -2.37. The third kappa shape index (κ3) is 2.66. The van der Waals surface area contributed by atoms with Crippen LogP contribution in [0.2, 0.25) is 0 Å². The highest BCUT2D eigenvalue weighted by Gasteiger charge is 2.35. The molecule has 1 aliphatic carbocycles. The maximum absolute atomic E-state index is 5.85. The highest BCUT2D eigenvalue weighted by Crippen LogP contribution is 2.30. The molecule has 0 spiro atoms. The van der Waals surface area contributed by atoms with E-state index in [1.807, 2.05) is 0 Å². The van der Waals surface area contributed by atoms with Crippen LogP contribution >= 0.6 is 22.6 Å². The second-order valence-electron chi connectivity index (χ2n) is 5.00. The Hall–Kier alpha value is -0.130. The van der Waals surface area contributed by atoms with Crippen LogP contribution in [0.25, 0.3) is 0 Å². The molecule has 1 aliphatic heterocycles. The van der Waals surface area contributed by atoms with E-state index in [0.717, 1.165) is 19.7 Å². The summed E-state index contributed by atoms with van der Waals surface area (Å²) in [5.41, 5.74) is 1.43. The summed E-state index contributed by atoms with van der Waals surface area (Å²) in [6.07, 6.45) is 4.41. The molecule has 2 aliphatic rings. The van der Waals surface area contributed by atoms with Gasteiger partial charge in [0.25, 0.3) is 0 Å². The quantitative estimate of drug-likeness (QED) is 0.766. The van der Waals surface area contributed by atoms with E-state index in [1.165, 1.54) is 28.4 Å². The van der Waals surface area contributed by atoms with Gasteiger partial charge in [-0.1, -0.05) is 12.1 Å². The molecule has 2 atom stereocenters. The van der Waals surface area contributed by atoms with Gasteiger partial charge in [-0.25, -0.2) is 0 Å². The van der Waals surface area contributed by atoms with Crippen molar-refractivity contribution < 1.29 is 4.74 Å². The van der Waals surface area contributed by atoms with Gasteiger partial charge in [0.05, 0.1) is 12.7 Å². The summed E-state index contributed by atoms with van der Waals surface area (Å²) < 4.78 is 7.16. The van der Waals surface area contributed by atoms with Gasteiger partial charge in [-0.2, -0.15) is 0 Å². The number of rotatable bonds is 2. The fourth-order valence-corrected chi connectivity index (χ4v) is 3.39. The monoisotopic (exact) mass is 343 g/mol. The number of hydrogen-bond donors (Lipinski definition) is 0. The molecule has 0 N–H and O–H groups in total. The molecule has 17 heavy (non-hydrogen) atoms. The molecule has 0 bridgehead atoms. The van der Waals surface area contributed by atoms with Crippen LogP contribution in [0.3, 0.4) is 0 Å². The van der Waals surface area contributed by atoms with E-state index in [4.69, 9.17) is 4.74 Å². The molecule has 3 rings (SSSR count). The van der Waals surface area contributed by atoms with Crippen LogP contribution in [0.5, 0.6) is 0 Å². The third-order valence-corrected chi connectivity index (χ3v) is 4.62. The molecule has 1 heterocycles. The summed E-state index contributed by atoms with van der Waals surface area (Å²) >= 11 is 2.36. The minimum atomic E-state index is 0.507. The number of benzene rings is 1. The van der Waals surface area contributed by atoms with Gasteiger partial charge in [0.15, 0.2) is 0 Å². The van der Waals surface area contributed by atoms with Gasteiger partial charge in [0.2, 0.25) is 0 Å². The normalized spacial score (nSPS) is 29.2. The number of halogens is 1. The minimum absolute atomic E-state index is 0.507. The van der Waals surface area contributed by atoms with E-state index in [2.05, 4.69) is 51.8 Å². The first-order valence-corrected chi connectivity index (χ1v) is 7.51. The predicted molar refractivity (Wildman–Crippen MR) is 76.9 cm³/mol. The molecule has 1 aromatic carbocycles. The van der Waals surface area contributed by atoms with Crippen LogP contribution in [0.15, 0.2) is 24.3 Å². The fraction of sp³-hybridized carbons (Fsp3) is 0.571. The first-order valence-electron chi connectivity index (χ1n) is 6.43. The fourth-order valence-electron chi connectivity index (χ4n) is 3.03. The minimum Gasteiger partial charge on any atom is -0.375 e. The molecule has 2 unspecified atom stereocenters. The Labute approximate surface area is 116 Å². The summed E-state index contributed by atoms with van der Waals surface area (Å²) in [6, 6.07) is 9.57. The van der Waals surface area contributed by atoms with Crippen LogP contribution in [0, 0.1) is 3.57 Å². The Balaban J connectivity index is 1.69. The predicted octanol–water partition coefficient (Wildman–Crippen LogP) is 3.04. The number of hydrogen-bond acceptors (Lipinski definition) is 2. The van der Waals surface area contributed by atoms with Crippen molar-refractivity contribution in [1.29, 1.82) is 0 Å². The van der Waals surface area contributed by atoms with E-state index < -0.39 is 0 Å². The lowest BCUT2D eigenvalue weighted by molar-refractivity contribution is -0.0588. The molecular weight excluding hydrogens is 325 g/mol. The van der Waals surface area contributed by atoms with E-state index in [1.54, 1.807) is 0 Å². The highest BCUT2D eigenvalue weighted by atomic mass is 127. The van der Waals surface area contributed by atoms with Gasteiger partial charge in [0.1, 0.15) is 0 Å². The van der Waals surface area contributed by atoms with Gasteiger partial charge in [-0.05, 0) is 59.5 Å². The Morgan fingerprint density at radius 3 is 2.88 bits per heavy atom. The molecule has 0 aromatic heterocycles. The van der Waals surface area contributed by atoms with Crippen LogP contribution in [-0.2, 0) is 11.3 Å². The highest BCUT2D eigenvalue weighted by molar-refractivity contribution is 14.1. The van der Waals surface area contributed by atoms with E-state index in [9.17, 15) is 0 Å². The molecule has 0 radical (unpaired) electrons. The second-order valence-corrected chi connectivity index (χ2v) is 6.25. The average molecular weight is 343 g/mol. The van der Waals surface area contributed by atoms with Crippen molar-refractivity contribution >= 4 is 22.6 Å². The Bertz CT molecular complexity index is 378. The van der Waals surface area contributed by atoms with E-state index >= 15 is 0 Å². The molecule has 92 valence electrons. The second kappa shape index (κ2) is 5.24. The smallest absolute Gasteiger partial charge is 0.0731 e. The zero-order chi connectivity index (χ0) is 11.7. The largest absolute Gasteiger partial charge is 0.375 e. The van der Waals surface area contributed by atoms with Crippen molar-refractivity contribution in [1.82, 2.24) is 4.90 Å². The Morgan fingerprint density at radius 1 is 1.24 bits per heavy atom. The molecule has 1 saturated carbocycles. The maximum atomic E-state index is 5.85. The van der Waals surface area contributed by atoms with Gasteiger partial charge in [0, 0.05) is 22.7 Å². The Kier molecular flexibility index (Phi) is 3.68. The first kappa shape index (κ1) is 11.9. The standard InChI is InChI=1S/C14H18INO/c15-12-6-4-11(5-7-12)10-16-8-9-17-14-3-1-2-13(14)16/h4-7,13-14H,1-3,8-10H2. The first-order chi connectivity index (χ1) is 8.33. The summed E-state index contributed by atoms with van der Waals surface area (Å²) in [4.78, 5) is 2.61. The van der Waals surface area contributed by atoms with Crippen molar-refractivity contribution in [3.05, 3.63) is 33.4 Å². The average Bonchev–Trinajstić information content (AvgIpc) is 2.81. The molecule has 2 nitrogen and oxygen atoms in total. The Morgan fingerprint density at radius 2 is 2.06 bits per heavy atom. The van der Waals surface area contributed by atoms with E-state index in [-0.39, 0.29) is 0 Å². The molecule has 3 heteroatoms. The summed E-state index contributed by atoms with van der Waals surface area (Å²) in [5.74, 6) is 0. The number of fused-ring (bicyclic) bond motifs is 1. The van der Waals surface area contributed by atoms with Crippen LogP contribution in [0.4, 0.5) is 0 Å². The third-order valence-electron chi connectivity index (χ3n) is 3.90. The van der Waals surface area contributed by atoms with Gasteiger partial charge >= 0.3 is 0 Å². The van der Waals surface area contributed by atoms with Gasteiger partial charge < -0.3 is 4.74 Å². The summed E-state index contributed by atoms with van der Waals surface area (Å²) in [7, 11) is 0. The molecule has 2 fully saturated rings. The number of nitrogens with zero attached hydrogens (tertiary/aromatic N) is 1. The summed E-state index contributed by atoms with van der Waals surface area (Å²) in [5, 5.41) is 0. The van der Waals surface area contributed by atoms with Crippen molar-refractivity contribution in [3.63, 3.8) is 0 Å². The topological polar surface area (TPSA) is 12.5 Å². The molecule has 1 saturated heterocycles.